The number of aliphatic hydroxyl groups is 1. The molecule has 4 heteroatoms. The Hall–Kier alpha value is -0.540. The maximum absolute atomic E-state index is 10.4. The van der Waals surface area contributed by atoms with Gasteiger partial charge in [0.15, 0.2) is 0 Å². The van der Waals surface area contributed by atoms with Crippen molar-refractivity contribution in [2.45, 2.75) is 13.2 Å². The Balaban J connectivity index is 2.92. The van der Waals surface area contributed by atoms with Crippen molar-refractivity contribution >= 4 is 17.6 Å². The summed E-state index contributed by atoms with van der Waals surface area (Å²) in [6, 6.07) is 0. The van der Waals surface area contributed by atoms with E-state index in [-0.39, 0.29) is 5.03 Å². The van der Waals surface area contributed by atoms with Gasteiger partial charge in [0, 0.05) is 5.57 Å². The fraction of sp³-hybridized carbons (Fsp3) is 0.400. The Bertz CT molecular complexity index is 185. The van der Waals surface area contributed by atoms with E-state index in [1.165, 1.54) is 6.92 Å². The fourth-order valence-corrected chi connectivity index (χ4v) is 0.649. The van der Waals surface area contributed by atoms with Gasteiger partial charge in [-0.15, -0.1) is 0 Å². The van der Waals surface area contributed by atoms with Gasteiger partial charge in [-0.2, -0.15) is 0 Å². The molecule has 0 aromatic rings. The molecule has 1 aliphatic rings. The zero-order valence-corrected chi connectivity index (χ0v) is 5.47. The number of carbonyl (C=O) groups is 1. The van der Waals surface area contributed by atoms with Crippen molar-refractivity contribution in [3.8, 4) is 0 Å². The molecule has 1 atom stereocenters. The van der Waals surface area contributed by atoms with Gasteiger partial charge < -0.3 is 9.84 Å². The second-order valence-corrected chi connectivity index (χ2v) is 2.13. The van der Waals surface area contributed by atoms with E-state index in [9.17, 15) is 4.79 Å². The van der Waals surface area contributed by atoms with E-state index in [1.54, 1.807) is 0 Å². The summed E-state index contributed by atoms with van der Waals surface area (Å²) in [5, 5.41) is 8.74. The lowest BCUT2D eigenvalue weighted by Gasteiger charge is -1.99. The smallest absolute Gasteiger partial charge is 0.352 e. The molecule has 0 fully saturated rings. The number of hydrogen-bond acceptors (Lipinski definition) is 3. The molecule has 0 saturated carbocycles. The summed E-state index contributed by atoms with van der Waals surface area (Å²) in [6.45, 7) is 1.54. The molecule has 3 nitrogen and oxygen atoms in total. The highest BCUT2D eigenvalue weighted by Gasteiger charge is 2.27. The fourth-order valence-electron chi connectivity index (χ4n) is 0.511. The summed E-state index contributed by atoms with van der Waals surface area (Å²) < 4.78 is 4.30. The molecule has 1 unspecified atom stereocenters. The number of ether oxygens (including phenoxy) is 1. The zero-order valence-electron chi connectivity index (χ0n) is 4.72. The average Bonchev–Trinajstić information content (AvgIpc) is 1.98. The Morgan fingerprint density at radius 2 is 2.33 bits per heavy atom. The third-order valence-electron chi connectivity index (χ3n) is 1.11. The maximum Gasteiger partial charge on any atom is 0.352 e. The van der Waals surface area contributed by atoms with Crippen LogP contribution in [0.3, 0.4) is 0 Å². The van der Waals surface area contributed by atoms with Crippen LogP contribution >= 0.6 is 11.6 Å². The second-order valence-electron chi connectivity index (χ2n) is 1.75. The summed E-state index contributed by atoms with van der Waals surface area (Å²) in [4.78, 5) is 10.4. The third-order valence-corrected chi connectivity index (χ3v) is 1.57. The first-order valence-electron chi connectivity index (χ1n) is 2.38. The van der Waals surface area contributed by atoms with Crippen LogP contribution in [-0.4, -0.2) is 17.4 Å². The number of halogens is 1. The molecule has 0 radical (unpaired) electrons. The van der Waals surface area contributed by atoms with Crippen molar-refractivity contribution in [2.24, 2.45) is 0 Å². The van der Waals surface area contributed by atoms with Crippen molar-refractivity contribution in [2.75, 3.05) is 0 Å². The Labute approximate surface area is 56.9 Å². The lowest BCUT2D eigenvalue weighted by molar-refractivity contribution is -0.151. The Kier molecular flexibility index (Phi) is 1.47. The largest absolute Gasteiger partial charge is 0.428 e. The van der Waals surface area contributed by atoms with Crippen LogP contribution in [0.1, 0.15) is 6.92 Å². The van der Waals surface area contributed by atoms with Gasteiger partial charge in [-0.05, 0) is 6.92 Å². The average molecular weight is 149 g/mol. The van der Waals surface area contributed by atoms with Crippen LogP contribution in [0.15, 0.2) is 10.6 Å². The minimum Gasteiger partial charge on any atom is -0.428 e. The van der Waals surface area contributed by atoms with Gasteiger partial charge >= 0.3 is 5.97 Å². The summed E-state index contributed by atoms with van der Waals surface area (Å²) >= 11 is 5.35. The standard InChI is InChI=1S/C5H5ClO3/c1-2-3(6)5(8)9-4(2)7/h4,7H,1H3. The van der Waals surface area contributed by atoms with E-state index >= 15 is 0 Å². The van der Waals surface area contributed by atoms with Crippen LogP contribution in [0.2, 0.25) is 0 Å². The molecule has 0 bridgehead atoms. The van der Waals surface area contributed by atoms with Gasteiger partial charge in [-0.3, -0.25) is 0 Å². The lowest BCUT2D eigenvalue weighted by atomic mass is 10.3. The quantitative estimate of drug-likeness (QED) is 0.505. The molecule has 0 saturated heterocycles. The molecule has 9 heavy (non-hydrogen) atoms. The number of carbonyl (C=O) groups excluding carboxylic acids is 1. The summed E-state index contributed by atoms with van der Waals surface area (Å²) in [5.41, 5.74) is 0.377. The van der Waals surface area contributed by atoms with Crippen LogP contribution in [0, 0.1) is 0 Å². The van der Waals surface area contributed by atoms with E-state index in [0.29, 0.717) is 5.57 Å². The Morgan fingerprint density at radius 1 is 1.78 bits per heavy atom. The van der Waals surface area contributed by atoms with Gasteiger partial charge in [0.2, 0.25) is 6.29 Å². The zero-order chi connectivity index (χ0) is 7.02. The molecule has 1 heterocycles. The minimum absolute atomic E-state index is 0.0116. The highest BCUT2D eigenvalue weighted by molar-refractivity contribution is 6.42. The van der Waals surface area contributed by atoms with Crippen molar-refractivity contribution in [3.63, 3.8) is 0 Å². The molecule has 0 aromatic heterocycles. The van der Waals surface area contributed by atoms with Crippen LogP contribution in [-0.2, 0) is 9.53 Å². The van der Waals surface area contributed by atoms with Gasteiger partial charge in [0.05, 0.1) is 0 Å². The molecule has 0 spiro atoms. The Morgan fingerprint density at radius 3 is 2.44 bits per heavy atom. The normalized spacial score (nSPS) is 27.0. The van der Waals surface area contributed by atoms with Gasteiger partial charge in [0.1, 0.15) is 5.03 Å². The monoisotopic (exact) mass is 148 g/mol. The SMILES string of the molecule is CC1=C(Cl)C(=O)OC1O. The van der Waals surface area contributed by atoms with Crippen LogP contribution in [0.4, 0.5) is 0 Å². The maximum atomic E-state index is 10.4. The molecule has 1 aliphatic heterocycles. The first-order valence-corrected chi connectivity index (χ1v) is 2.76. The third kappa shape index (κ3) is 0.930. The molecule has 50 valence electrons. The summed E-state index contributed by atoms with van der Waals surface area (Å²) in [6.07, 6.45) is -1.13. The predicted molar refractivity (Wildman–Crippen MR) is 30.7 cm³/mol. The highest BCUT2D eigenvalue weighted by atomic mass is 35.5. The van der Waals surface area contributed by atoms with Crippen molar-refractivity contribution in [1.82, 2.24) is 0 Å². The number of rotatable bonds is 0. The van der Waals surface area contributed by atoms with Crippen LogP contribution in [0.5, 0.6) is 0 Å². The highest BCUT2D eigenvalue weighted by Crippen LogP contribution is 2.22. The van der Waals surface area contributed by atoms with E-state index in [0.717, 1.165) is 0 Å². The topological polar surface area (TPSA) is 46.5 Å². The molecule has 1 N–H and O–H groups in total. The molecule has 1 rings (SSSR count). The molecular weight excluding hydrogens is 144 g/mol. The van der Waals surface area contributed by atoms with Gasteiger partial charge in [-0.1, -0.05) is 11.6 Å². The summed E-state index contributed by atoms with van der Waals surface area (Å²) in [7, 11) is 0. The van der Waals surface area contributed by atoms with E-state index in [2.05, 4.69) is 4.74 Å². The van der Waals surface area contributed by atoms with E-state index < -0.39 is 12.3 Å². The summed E-state index contributed by atoms with van der Waals surface area (Å²) in [5.74, 6) is -0.651. The van der Waals surface area contributed by atoms with Crippen molar-refractivity contribution in [1.29, 1.82) is 0 Å². The first kappa shape index (κ1) is 6.58. The van der Waals surface area contributed by atoms with Crippen LogP contribution in [0.25, 0.3) is 0 Å². The minimum atomic E-state index is -1.13. The number of hydrogen-bond donors (Lipinski definition) is 1. The second kappa shape index (κ2) is 2.01. The lowest BCUT2D eigenvalue weighted by Crippen LogP contribution is -2.07. The molecule has 0 aromatic carbocycles. The number of esters is 1. The van der Waals surface area contributed by atoms with E-state index in [4.69, 9.17) is 16.7 Å². The van der Waals surface area contributed by atoms with Crippen molar-refractivity contribution in [3.05, 3.63) is 10.6 Å². The van der Waals surface area contributed by atoms with Crippen LogP contribution < -0.4 is 0 Å². The van der Waals surface area contributed by atoms with Gasteiger partial charge in [0.25, 0.3) is 0 Å². The number of aliphatic hydroxyl groups excluding tert-OH is 1. The van der Waals surface area contributed by atoms with E-state index in [1.807, 2.05) is 0 Å². The predicted octanol–water partition coefficient (Wildman–Crippen LogP) is 0.374. The molecular formula is C5H5ClO3. The number of cyclic esters (lactones) is 1. The first-order chi connectivity index (χ1) is 4.13. The van der Waals surface area contributed by atoms with Crippen molar-refractivity contribution < 1.29 is 14.6 Å². The molecule has 0 amide bonds. The van der Waals surface area contributed by atoms with Gasteiger partial charge in [-0.25, -0.2) is 4.79 Å². The molecule has 0 aliphatic carbocycles.